The number of aliphatic hydroxyl groups is 1. The Bertz CT molecular complexity index is 505. The molecule has 2 heterocycles. The van der Waals surface area contributed by atoms with Crippen LogP contribution < -0.4 is 5.32 Å². The average Bonchev–Trinajstić information content (AvgIpc) is 2.89. The van der Waals surface area contributed by atoms with Gasteiger partial charge in [-0.25, -0.2) is 18.0 Å². The molecule has 0 saturated carbocycles. The molecular weight excluding hydrogens is 288 g/mol. The second-order valence-electron chi connectivity index (χ2n) is 5.35. The van der Waals surface area contributed by atoms with E-state index in [-0.39, 0.29) is 36.9 Å². The number of sulfone groups is 1. The fraction of sp³-hybridized carbons (Fsp3) is 0.818. The standard InChI is InChI=1S/C11H18N2O6S/c14-8-3-9(10(15)16)13(5-8)11(17)12-4-7-1-2-20(18,19)6-7/h7-9,14H,1-6H2,(H,12,17)(H,15,16)/t7?,8?,9-/m0/s1. The van der Waals surface area contributed by atoms with Crippen molar-refractivity contribution in [3.63, 3.8) is 0 Å². The molecule has 0 spiro atoms. The van der Waals surface area contributed by atoms with Crippen molar-refractivity contribution in [3.8, 4) is 0 Å². The van der Waals surface area contributed by atoms with Crippen LogP contribution in [0, 0.1) is 5.92 Å². The number of nitrogens with zero attached hydrogens (tertiary/aromatic N) is 1. The summed E-state index contributed by atoms with van der Waals surface area (Å²) >= 11 is 0. The number of hydrogen-bond acceptors (Lipinski definition) is 5. The van der Waals surface area contributed by atoms with E-state index in [1.165, 1.54) is 0 Å². The highest BCUT2D eigenvalue weighted by molar-refractivity contribution is 7.91. The first-order chi connectivity index (χ1) is 9.28. The molecule has 2 fully saturated rings. The van der Waals surface area contributed by atoms with Crippen molar-refractivity contribution in [3.05, 3.63) is 0 Å². The maximum Gasteiger partial charge on any atom is 0.326 e. The van der Waals surface area contributed by atoms with Gasteiger partial charge in [0, 0.05) is 19.5 Å². The molecule has 2 unspecified atom stereocenters. The van der Waals surface area contributed by atoms with E-state index in [9.17, 15) is 23.1 Å². The third kappa shape index (κ3) is 3.40. The fourth-order valence-electron chi connectivity index (χ4n) is 2.64. The van der Waals surface area contributed by atoms with Gasteiger partial charge in [-0.2, -0.15) is 0 Å². The van der Waals surface area contributed by atoms with Crippen molar-refractivity contribution >= 4 is 21.8 Å². The zero-order chi connectivity index (χ0) is 14.9. The van der Waals surface area contributed by atoms with E-state index < -0.39 is 34.0 Å². The lowest BCUT2D eigenvalue weighted by Crippen LogP contribution is -2.47. The van der Waals surface area contributed by atoms with Gasteiger partial charge in [0.05, 0.1) is 17.6 Å². The maximum atomic E-state index is 11.9. The van der Waals surface area contributed by atoms with Crippen molar-refractivity contribution in [2.75, 3.05) is 24.6 Å². The van der Waals surface area contributed by atoms with Gasteiger partial charge in [-0.05, 0) is 12.3 Å². The Morgan fingerprint density at radius 3 is 2.60 bits per heavy atom. The number of hydrogen-bond donors (Lipinski definition) is 3. The Morgan fingerprint density at radius 2 is 2.05 bits per heavy atom. The first kappa shape index (κ1) is 15.0. The van der Waals surface area contributed by atoms with Crippen molar-refractivity contribution in [1.29, 1.82) is 0 Å². The van der Waals surface area contributed by atoms with Gasteiger partial charge in [0.25, 0.3) is 0 Å². The predicted octanol–water partition coefficient (Wildman–Crippen LogP) is -1.35. The highest BCUT2D eigenvalue weighted by Gasteiger charge is 2.39. The molecule has 2 aliphatic heterocycles. The van der Waals surface area contributed by atoms with Gasteiger partial charge in [-0.3, -0.25) is 0 Å². The summed E-state index contributed by atoms with van der Waals surface area (Å²) < 4.78 is 22.6. The molecule has 0 aromatic carbocycles. The lowest BCUT2D eigenvalue weighted by atomic mass is 10.1. The number of carboxylic acids is 1. The van der Waals surface area contributed by atoms with Crippen molar-refractivity contribution in [1.82, 2.24) is 10.2 Å². The van der Waals surface area contributed by atoms with E-state index in [1.54, 1.807) is 0 Å². The number of amides is 2. The second kappa shape index (κ2) is 5.57. The predicted molar refractivity (Wildman–Crippen MR) is 68.9 cm³/mol. The molecule has 2 amide bonds. The minimum absolute atomic E-state index is 0.0144. The van der Waals surface area contributed by atoms with Crippen LogP contribution in [0.2, 0.25) is 0 Å². The van der Waals surface area contributed by atoms with E-state index in [4.69, 9.17) is 5.11 Å². The van der Waals surface area contributed by atoms with Crippen molar-refractivity contribution < 1.29 is 28.2 Å². The number of rotatable bonds is 3. The number of β-amino-alcohol motifs (C(OH)–C–C–N with tert-alkyl or cyclic N) is 1. The van der Waals surface area contributed by atoms with Crippen LogP contribution in [0.25, 0.3) is 0 Å². The maximum absolute atomic E-state index is 11.9. The van der Waals surface area contributed by atoms with Gasteiger partial charge in [-0.15, -0.1) is 0 Å². The van der Waals surface area contributed by atoms with Crippen LogP contribution in [0.3, 0.4) is 0 Å². The Kier molecular flexibility index (Phi) is 4.19. The summed E-state index contributed by atoms with van der Waals surface area (Å²) in [4.78, 5) is 24.0. The van der Waals surface area contributed by atoms with Crippen LogP contribution >= 0.6 is 0 Å². The minimum Gasteiger partial charge on any atom is -0.480 e. The average molecular weight is 306 g/mol. The Hall–Kier alpha value is -1.35. The van der Waals surface area contributed by atoms with Crippen molar-refractivity contribution in [2.24, 2.45) is 5.92 Å². The van der Waals surface area contributed by atoms with Crippen molar-refractivity contribution in [2.45, 2.75) is 25.0 Å². The number of nitrogens with one attached hydrogen (secondary N) is 1. The highest BCUT2D eigenvalue weighted by atomic mass is 32.2. The smallest absolute Gasteiger partial charge is 0.326 e. The van der Waals surface area contributed by atoms with E-state index >= 15 is 0 Å². The van der Waals surface area contributed by atoms with E-state index in [1.807, 2.05) is 0 Å². The molecule has 0 radical (unpaired) electrons. The molecule has 0 aromatic heterocycles. The molecule has 0 aliphatic carbocycles. The summed E-state index contributed by atoms with van der Waals surface area (Å²) in [5.74, 6) is -1.09. The topological polar surface area (TPSA) is 124 Å². The van der Waals surface area contributed by atoms with Gasteiger partial charge < -0.3 is 20.4 Å². The molecule has 2 saturated heterocycles. The minimum atomic E-state index is -2.99. The number of aliphatic hydroxyl groups excluding tert-OH is 1. The quantitative estimate of drug-likeness (QED) is 0.592. The van der Waals surface area contributed by atoms with Crippen LogP contribution in [0.4, 0.5) is 4.79 Å². The number of aliphatic carboxylic acids is 1. The number of carboxylic acid groups (broad SMARTS) is 1. The molecule has 8 nitrogen and oxygen atoms in total. The van der Waals surface area contributed by atoms with E-state index in [2.05, 4.69) is 5.32 Å². The van der Waals surface area contributed by atoms with Gasteiger partial charge in [0.1, 0.15) is 6.04 Å². The molecule has 20 heavy (non-hydrogen) atoms. The monoisotopic (exact) mass is 306 g/mol. The molecule has 0 aromatic rings. The van der Waals surface area contributed by atoms with Crippen LogP contribution in [-0.2, 0) is 14.6 Å². The lowest BCUT2D eigenvalue weighted by molar-refractivity contribution is -0.141. The Morgan fingerprint density at radius 1 is 1.35 bits per heavy atom. The largest absolute Gasteiger partial charge is 0.480 e. The highest BCUT2D eigenvalue weighted by Crippen LogP contribution is 2.20. The van der Waals surface area contributed by atoms with Crippen LogP contribution in [0.1, 0.15) is 12.8 Å². The third-order valence-electron chi connectivity index (χ3n) is 3.69. The van der Waals surface area contributed by atoms with Gasteiger partial charge in [0.2, 0.25) is 0 Å². The fourth-order valence-corrected chi connectivity index (χ4v) is 4.50. The summed E-state index contributed by atoms with van der Waals surface area (Å²) in [6.45, 7) is 0.183. The first-order valence-electron chi connectivity index (χ1n) is 6.44. The Balaban J connectivity index is 1.87. The third-order valence-corrected chi connectivity index (χ3v) is 5.53. The normalized spacial score (nSPS) is 32.2. The molecule has 3 N–H and O–H groups in total. The summed E-state index contributed by atoms with van der Waals surface area (Å²) in [5, 5.41) is 21.0. The zero-order valence-electron chi connectivity index (χ0n) is 10.9. The molecule has 114 valence electrons. The number of urea groups is 1. The number of carbonyl (C=O) groups is 2. The first-order valence-corrected chi connectivity index (χ1v) is 8.26. The summed E-state index contributed by atoms with van der Waals surface area (Å²) in [5.41, 5.74) is 0. The number of carbonyl (C=O) groups excluding carboxylic acids is 1. The van der Waals surface area contributed by atoms with Crippen LogP contribution in [0.15, 0.2) is 0 Å². The second-order valence-corrected chi connectivity index (χ2v) is 7.58. The van der Waals surface area contributed by atoms with Gasteiger partial charge in [-0.1, -0.05) is 0 Å². The van der Waals surface area contributed by atoms with Crippen LogP contribution in [0.5, 0.6) is 0 Å². The van der Waals surface area contributed by atoms with Gasteiger partial charge in [0.15, 0.2) is 9.84 Å². The molecule has 0 bridgehead atoms. The molecule has 3 atom stereocenters. The zero-order valence-corrected chi connectivity index (χ0v) is 11.7. The van der Waals surface area contributed by atoms with Crippen LogP contribution in [-0.4, -0.2) is 72.3 Å². The number of likely N-dealkylation sites (tertiary alicyclic amines) is 1. The summed E-state index contributed by atoms with van der Waals surface area (Å²) in [6, 6.07) is -1.60. The van der Waals surface area contributed by atoms with E-state index in [0.717, 1.165) is 4.90 Å². The molecule has 2 aliphatic rings. The summed E-state index contributed by atoms with van der Waals surface area (Å²) in [6.07, 6.45) is -0.317. The lowest BCUT2D eigenvalue weighted by Gasteiger charge is -2.22. The Labute approximate surface area is 116 Å². The molecular formula is C11H18N2O6S. The summed E-state index contributed by atoms with van der Waals surface area (Å²) in [7, 11) is -2.99. The van der Waals surface area contributed by atoms with Gasteiger partial charge >= 0.3 is 12.0 Å². The molecule has 9 heteroatoms. The SMILES string of the molecule is O=C(O)[C@@H]1CC(O)CN1C(=O)NCC1CCS(=O)(=O)C1. The molecule has 2 rings (SSSR count). The van der Waals surface area contributed by atoms with E-state index in [0.29, 0.717) is 6.42 Å².